The normalized spacial score (nSPS) is 23.7. The first kappa shape index (κ1) is 21.5. The van der Waals surface area contributed by atoms with Crippen molar-refractivity contribution >= 4 is 27.8 Å². The minimum Gasteiger partial charge on any atom is -0.495 e. The maximum Gasteiger partial charge on any atom is 0.305 e. The Morgan fingerprint density at radius 2 is 2.06 bits per heavy atom. The number of methoxy groups -OCH3 is 1. The van der Waals surface area contributed by atoms with E-state index in [4.69, 9.17) is 9.84 Å². The Bertz CT molecular complexity index is 1190. The third-order valence-electron chi connectivity index (χ3n) is 7.36. The topological polar surface area (TPSA) is 84.3 Å². The lowest BCUT2D eigenvalue weighted by molar-refractivity contribution is -0.137. The van der Waals surface area contributed by atoms with E-state index in [9.17, 15) is 9.59 Å². The fraction of sp³-hybridized carbons (Fsp3) is 0.520. The van der Waals surface area contributed by atoms with E-state index in [1.54, 1.807) is 25.4 Å². The molecule has 5 rings (SSSR count). The van der Waals surface area contributed by atoms with Crippen molar-refractivity contribution in [2.24, 2.45) is 16.7 Å². The molecule has 3 aromatic rings. The van der Waals surface area contributed by atoms with Gasteiger partial charge in [-0.2, -0.15) is 0 Å². The van der Waals surface area contributed by atoms with Gasteiger partial charge in [-0.1, -0.05) is 32.9 Å². The van der Waals surface area contributed by atoms with Crippen molar-refractivity contribution in [3.05, 3.63) is 40.8 Å². The van der Waals surface area contributed by atoms with Crippen LogP contribution in [-0.4, -0.2) is 27.7 Å². The first-order chi connectivity index (χ1) is 14.6. The quantitative estimate of drug-likeness (QED) is 0.604. The molecular formula is C25H32N2O4. The molecule has 31 heavy (non-hydrogen) atoms. The number of carboxylic acid groups (broad SMARTS) is 1. The van der Waals surface area contributed by atoms with E-state index in [1.807, 2.05) is 16.7 Å². The molecule has 6 nitrogen and oxygen atoms in total. The number of hydrogen-bond donors (Lipinski definition) is 2. The number of rotatable bonds is 4. The molecule has 1 aromatic carbocycles. The van der Waals surface area contributed by atoms with Crippen molar-refractivity contribution in [3.63, 3.8) is 0 Å². The van der Waals surface area contributed by atoms with E-state index in [2.05, 4.69) is 25.8 Å². The predicted octanol–water partition coefficient (Wildman–Crippen LogP) is 5.19. The first-order valence-corrected chi connectivity index (χ1v) is 11.0. The SMILES string of the molecule is CC12CC[C@H](C1)C(C)(C)C2.COc1cccc2c3c(=O)[nH]ccc3n(CCC(=O)O)c12. The van der Waals surface area contributed by atoms with E-state index in [0.29, 0.717) is 22.1 Å². The summed E-state index contributed by atoms with van der Waals surface area (Å²) < 4.78 is 7.19. The number of ether oxygens (including phenoxy) is 1. The number of nitrogens with one attached hydrogen (secondary N) is 1. The van der Waals surface area contributed by atoms with Crippen LogP contribution in [0.5, 0.6) is 5.75 Å². The number of aryl methyl sites for hydroxylation is 1. The van der Waals surface area contributed by atoms with E-state index in [-0.39, 0.29) is 18.5 Å². The van der Waals surface area contributed by atoms with Gasteiger partial charge >= 0.3 is 5.97 Å². The number of benzene rings is 1. The highest BCUT2D eigenvalue weighted by molar-refractivity contribution is 6.09. The van der Waals surface area contributed by atoms with Crippen LogP contribution in [0.4, 0.5) is 0 Å². The van der Waals surface area contributed by atoms with Gasteiger partial charge in [0.25, 0.3) is 5.56 Å². The standard InChI is InChI=1S/C15H14N2O4.C10H18/c1-21-11-4-2-3-9-13-10(5-7-16-15(13)20)17(14(9)11)8-6-12(18)19;1-9(2)7-10(3)5-4-8(9)6-10/h2-5,7H,6,8H2,1H3,(H,16,20)(H,18,19);8H,4-7H2,1-3H3/t;8-,10?/m.1/s1. The molecular weight excluding hydrogens is 392 g/mol. The predicted molar refractivity (Wildman–Crippen MR) is 123 cm³/mol. The third-order valence-corrected chi connectivity index (χ3v) is 7.36. The molecule has 2 aliphatic rings. The van der Waals surface area contributed by atoms with Crippen LogP contribution in [0, 0.1) is 16.7 Å². The minimum absolute atomic E-state index is 0.0241. The summed E-state index contributed by atoms with van der Waals surface area (Å²) in [5, 5.41) is 10.2. The zero-order valence-electron chi connectivity index (χ0n) is 18.8. The largest absolute Gasteiger partial charge is 0.495 e. The highest BCUT2D eigenvalue weighted by atomic mass is 16.5. The molecule has 1 unspecified atom stereocenters. The van der Waals surface area contributed by atoms with E-state index >= 15 is 0 Å². The second-order valence-electron chi connectivity index (χ2n) is 10.1. The van der Waals surface area contributed by atoms with Crippen molar-refractivity contribution < 1.29 is 14.6 Å². The second-order valence-corrected chi connectivity index (χ2v) is 10.1. The lowest BCUT2D eigenvalue weighted by Gasteiger charge is -2.32. The van der Waals surface area contributed by atoms with Crippen LogP contribution in [0.1, 0.15) is 52.9 Å². The number of pyridine rings is 1. The minimum atomic E-state index is -0.885. The van der Waals surface area contributed by atoms with Crippen LogP contribution in [-0.2, 0) is 11.3 Å². The molecule has 2 fully saturated rings. The first-order valence-electron chi connectivity index (χ1n) is 11.0. The van der Waals surface area contributed by atoms with Gasteiger partial charge in [0.05, 0.1) is 30.0 Å². The highest BCUT2D eigenvalue weighted by Crippen LogP contribution is 2.62. The van der Waals surface area contributed by atoms with Crippen molar-refractivity contribution in [1.29, 1.82) is 0 Å². The zero-order valence-corrected chi connectivity index (χ0v) is 18.8. The number of H-pyrrole nitrogens is 1. The Kier molecular flexibility index (Phi) is 5.36. The summed E-state index contributed by atoms with van der Waals surface area (Å²) in [5.74, 6) is 0.788. The number of carboxylic acids is 1. The lowest BCUT2D eigenvalue weighted by atomic mass is 9.73. The van der Waals surface area contributed by atoms with E-state index in [0.717, 1.165) is 22.2 Å². The van der Waals surface area contributed by atoms with Crippen LogP contribution >= 0.6 is 0 Å². The molecule has 2 aliphatic carbocycles. The molecule has 2 aromatic heterocycles. The van der Waals surface area contributed by atoms with E-state index in [1.165, 1.54) is 25.7 Å². The Labute approximate surface area is 182 Å². The molecule has 2 atom stereocenters. The summed E-state index contributed by atoms with van der Waals surface area (Å²) in [6.45, 7) is 7.64. The van der Waals surface area contributed by atoms with Crippen molar-refractivity contribution in [2.75, 3.05) is 7.11 Å². The smallest absolute Gasteiger partial charge is 0.305 e. The highest BCUT2D eigenvalue weighted by Gasteiger charge is 2.51. The Morgan fingerprint density at radius 1 is 1.29 bits per heavy atom. The third kappa shape index (κ3) is 3.84. The summed E-state index contributed by atoms with van der Waals surface area (Å²) >= 11 is 0. The van der Waals surface area contributed by atoms with Gasteiger partial charge < -0.3 is 19.4 Å². The average Bonchev–Trinajstić information content (AvgIpc) is 3.32. The maximum absolute atomic E-state index is 12.1. The molecule has 2 heterocycles. The molecule has 0 radical (unpaired) electrons. The molecule has 2 bridgehead atoms. The number of fused-ring (bicyclic) bond motifs is 5. The van der Waals surface area contributed by atoms with Crippen LogP contribution < -0.4 is 10.3 Å². The number of hydrogen-bond acceptors (Lipinski definition) is 3. The molecule has 2 saturated carbocycles. The second kappa shape index (κ2) is 7.74. The van der Waals surface area contributed by atoms with E-state index < -0.39 is 5.97 Å². The van der Waals surface area contributed by atoms with Crippen LogP contribution in [0.2, 0.25) is 0 Å². The Hall–Kier alpha value is -2.76. The molecule has 6 heteroatoms. The van der Waals surface area contributed by atoms with Gasteiger partial charge in [-0.05, 0) is 54.6 Å². The van der Waals surface area contributed by atoms with Crippen LogP contribution in [0.3, 0.4) is 0 Å². The van der Waals surface area contributed by atoms with Gasteiger partial charge in [-0.15, -0.1) is 0 Å². The van der Waals surface area contributed by atoms with Crippen LogP contribution in [0.15, 0.2) is 35.3 Å². The number of nitrogens with zero attached hydrogens (tertiary/aromatic N) is 1. The van der Waals surface area contributed by atoms with Crippen molar-refractivity contribution in [2.45, 2.75) is 59.4 Å². The number of aromatic amines is 1. The fourth-order valence-corrected chi connectivity index (χ4v) is 6.07. The molecule has 0 amide bonds. The molecule has 0 spiro atoms. The summed E-state index contributed by atoms with van der Waals surface area (Å²) in [4.78, 5) is 25.6. The average molecular weight is 425 g/mol. The monoisotopic (exact) mass is 424 g/mol. The number of para-hydroxylation sites is 1. The zero-order chi connectivity index (χ0) is 22.4. The molecule has 0 aliphatic heterocycles. The van der Waals surface area contributed by atoms with Crippen molar-refractivity contribution in [1.82, 2.24) is 9.55 Å². The molecule has 2 N–H and O–H groups in total. The molecule has 0 saturated heterocycles. The fourth-order valence-electron chi connectivity index (χ4n) is 6.07. The summed E-state index contributed by atoms with van der Waals surface area (Å²) in [5.41, 5.74) is 2.67. The van der Waals surface area contributed by atoms with Crippen LogP contribution in [0.25, 0.3) is 21.8 Å². The molecule has 166 valence electrons. The van der Waals surface area contributed by atoms with Gasteiger partial charge in [-0.25, -0.2) is 0 Å². The van der Waals surface area contributed by atoms with Gasteiger partial charge in [-0.3, -0.25) is 9.59 Å². The summed E-state index contributed by atoms with van der Waals surface area (Å²) in [6, 6.07) is 7.23. The lowest BCUT2D eigenvalue weighted by Crippen LogP contribution is -2.22. The maximum atomic E-state index is 12.1. The van der Waals surface area contributed by atoms with Gasteiger partial charge in [0.2, 0.25) is 0 Å². The van der Waals surface area contributed by atoms with Gasteiger partial charge in [0.1, 0.15) is 5.75 Å². The summed E-state index contributed by atoms with van der Waals surface area (Å²) in [6.07, 6.45) is 7.53. The van der Waals surface area contributed by atoms with Crippen molar-refractivity contribution in [3.8, 4) is 5.75 Å². The number of carbonyl (C=O) groups is 1. The number of aliphatic carboxylic acids is 1. The van der Waals surface area contributed by atoms with Gasteiger partial charge in [0.15, 0.2) is 0 Å². The number of aromatic nitrogens is 2. The van der Waals surface area contributed by atoms with Gasteiger partial charge in [0, 0.05) is 18.1 Å². The summed E-state index contributed by atoms with van der Waals surface area (Å²) in [7, 11) is 1.55. The Morgan fingerprint density at radius 3 is 2.61 bits per heavy atom. The Balaban J connectivity index is 0.000000192.